The van der Waals surface area contributed by atoms with E-state index in [0.29, 0.717) is 6.54 Å². The van der Waals surface area contributed by atoms with Crippen LogP contribution < -0.4 is 10.6 Å². The molecular formula is C18H27N5S. The molecule has 0 amide bonds. The molecule has 0 unspecified atom stereocenters. The maximum absolute atomic E-state index is 4.42. The summed E-state index contributed by atoms with van der Waals surface area (Å²) in [5.74, 6) is 0.793. The summed E-state index contributed by atoms with van der Waals surface area (Å²) >= 11 is 1.75. The molecule has 1 aromatic heterocycles. The van der Waals surface area contributed by atoms with Crippen molar-refractivity contribution in [1.82, 2.24) is 20.5 Å². The summed E-state index contributed by atoms with van der Waals surface area (Å²) in [5.41, 5.74) is 2.57. The molecule has 2 rings (SSSR count). The predicted molar refractivity (Wildman–Crippen MR) is 102 cm³/mol. The molecular weight excluding hydrogens is 318 g/mol. The van der Waals surface area contributed by atoms with Crippen molar-refractivity contribution in [3.63, 3.8) is 0 Å². The molecule has 5 nitrogen and oxygen atoms in total. The number of aliphatic imine (C=N–C) groups is 1. The number of aryl methyl sites for hydroxylation is 1. The van der Waals surface area contributed by atoms with Crippen LogP contribution in [0.4, 0.5) is 0 Å². The van der Waals surface area contributed by atoms with Gasteiger partial charge in [0, 0.05) is 31.2 Å². The van der Waals surface area contributed by atoms with E-state index in [-0.39, 0.29) is 0 Å². The summed E-state index contributed by atoms with van der Waals surface area (Å²) in [6.45, 7) is 4.55. The fourth-order valence-electron chi connectivity index (χ4n) is 2.36. The Kier molecular flexibility index (Phi) is 7.21. The van der Waals surface area contributed by atoms with Gasteiger partial charge < -0.3 is 15.5 Å². The van der Waals surface area contributed by atoms with E-state index in [1.165, 1.54) is 16.0 Å². The third kappa shape index (κ3) is 5.94. The molecule has 0 bridgehead atoms. The van der Waals surface area contributed by atoms with E-state index < -0.39 is 0 Å². The molecule has 0 aliphatic heterocycles. The van der Waals surface area contributed by atoms with E-state index in [4.69, 9.17) is 0 Å². The number of guanidine groups is 1. The molecule has 0 aliphatic rings. The average Bonchev–Trinajstić information content (AvgIpc) is 3.03. The summed E-state index contributed by atoms with van der Waals surface area (Å²) in [7, 11) is 5.95. The normalized spacial score (nSPS) is 11.8. The Labute approximate surface area is 148 Å². The molecule has 0 fully saturated rings. The van der Waals surface area contributed by atoms with Crippen LogP contribution in [0.3, 0.4) is 0 Å². The van der Waals surface area contributed by atoms with Crippen molar-refractivity contribution in [2.45, 2.75) is 33.0 Å². The van der Waals surface area contributed by atoms with E-state index in [9.17, 15) is 0 Å². The van der Waals surface area contributed by atoms with Gasteiger partial charge in [0.25, 0.3) is 0 Å². The van der Waals surface area contributed by atoms with Crippen LogP contribution in [0.25, 0.3) is 0 Å². The standard InChI is InChI=1S/C18H27N5S/c1-5-16-11-20-17(24-16)12-22-18(19-2)21-10-14-7-6-8-15(9-14)13-23(3)4/h6-9,11H,5,10,12-13H2,1-4H3,(H2,19,21,22). The number of benzene rings is 1. The zero-order chi connectivity index (χ0) is 17.4. The second kappa shape index (κ2) is 9.39. The maximum atomic E-state index is 4.42. The van der Waals surface area contributed by atoms with Crippen LogP contribution in [-0.4, -0.2) is 37.0 Å². The highest BCUT2D eigenvalue weighted by atomic mass is 32.1. The number of rotatable bonds is 7. The van der Waals surface area contributed by atoms with Crippen molar-refractivity contribution >= 4 is 17.3 Å². The molecule has 1 heterocycles. The Morgan fingerprint density at radius 3 is 2.62 bits per heavy atom. The van der Waals surface area contributed by atoms with Crippen molar-refractivity contribution in [2.75, 3.05) is 21.1 Å². The number of aromatic nitrogens is 1. The molecule has 2 N–H and O–H groups in total. The van der Waals surface area contributed by atoms with Crippen LogP contribution in [0.1, 0.15) is 27.9 Å². The third-order valence-corrected chi connectivity index (χ3v) is 4.67. The van der Waals surface area contributed by atoms with Gasteiger partial charge in [0.2, 0.25) is 0 Å². The van der Waals surface area contributed by atoms with Gasteiger partial charge in [-0.05, 0) is 31.6 Å². The molecule has 0 radical (unpaired) electrons. The fraction of sp³-hybridized carbons (Fsp3) is 0.444. The molecule has 6 heteroatoms. The average molecular weight is 346 g/mol. The lowest BCUT2D eigenvalue weighted by atomic mass is 10.1. The van der Waals surface area contributed by atoms with Crippen LogP contribution in [0, 0.1) is 0 Å². The summed E-state index contributed by atoms with van der Waals surface area (Å²) in [6, 6.07) is 8.63. The van der Waals surface area contributed by atoms with Crippen molar-refractivity contribution in [3.05, 3.63) is 51.5 Å². The SMILES string of the molecule is CCc1cnc(CNC(=NC)NCc2cccc(CN(C)C)c2)s1. The number of nitrogens with one attached hydrogen (secondary N) is 2. The highest BCUT2D eigenvalue weighted by molar-refractivity contribution is 7.11. The van der Waals surface area contributed by atoms with Gasteiger partial charge in [-0.2, -0.15) is 0 Å². The zero-order valence-electron chi connectivity index (χ0n) is 15.0. The van der Waals surface area contributed by atoms with Crippen molar-refractivity contribution in [3.8, 4) is 0 Å². The van der Waals surface area contributed by atoms with Crippen LogP contribution >= 0.6 is 11.3 Å². The van der Waals surface area contributed by atoms with Gasteiger partial charge in [0.05, 0.1) is 6.54 Å². The van der Waals surface area contributed by atoms with Gasteiger partial charge in [-0.3, -0.25) is 4.99 Å². The number of hydrogen-bond donors (Lipinski definition) is 2. The summed E-state index contributed by atoms with van der Waals surface area (Å²) in [5, 5.41) is 7.76. The molecule has 1 aromatic carbocycles. The minimum Gasteiger partial charge on any atom is -0.352 e. The number of hydrogen-bond acceptors (Lipinski definition) is 4. The molecule has 0 spiro atoms. The van der Waals surface area contributed by atoms with Crippen molar-refractivity contribution < 1.29 is 0 Å². The monoisotopic (exact) mass is 345 g/mol. The minimum absolute atomic E-state index is 0.699. The van der Waals surface area contributed by atoms with Gasteiger partial charge in [-0.15, -0.1) is 11.3 Å². The van der Waals surface area contributed by atoms with Gasteiger partial charge >= 0.3 is 0 Å². The quantitative estimate of drug-likeness (QED) is 0.598. The largest absolute Gasteiger partial charge is 0.352 e. The topological polar surface area (TPSA) is 52.6 Å². The highest BCUT2D eigenvalue weighted by Gasteiger charge is 2.03. The van der Waals surface area contributed by atoms with Crippen LogP contribution in [0.5, 0.6) is 0 Å². The first-order chi connectivity index (χ1) is 11.6. The van der Waals surface area contributed by atoms with Gasteiger partial charge in [-0.1, -0.05) is 31.2 Å². The molecule has 24 heavy (non-hydrogen) atoms. The van der Waals surface area contributed by atoms with Crippen LogP contribution in [0.2, 0.25) is 0 Å². The predicted octanol–water partition coefficient (Wildman–Crippen LogP) is 2.63. The van der Waals surface area contributed by atoms with Gasteiger partial charge in [-0.25, -0.2) is 4.98 Å². The first-order valence-corrected chi connectivity index (χ1v) is 9.03. The van der Waals surface area contributed by atoms with E-state index in [0.717, 1.165) is 30.5 Å². The Morgan fingerprint density at radius 2 is 1.96 bits per heavy atom. The molecule has 0 saturated carbocycles. The Morgan fingerprint density at radius 1 is 1.21 bits per heavy atom. The van der Waals surface area contributed by atoms with Crippen LogP contribution in [0.15, 0.2) is 35.5 Å². The second-order valence-electron chi connectivity index (χ2n) is 5.91. The lowest BCUT2D eigenvalue weighted by Crippen LogP contribution is -2.36. The van der Waals surface area contributed by atoms with E-state index in [1.54, 1.807) is 18.4 Å². The summed E-state index contributed by atoms with van der Waals surface area (Å²) < 4.78 is 0. The van der Waals surface area contributed by atoms with Crippen molar-refractivity contribution in [1.29, 1.82) is 0 Å². The highest BCUT2D eigenvalue weighted by Crippen LogP contribution is 2.12. The van der Waals surface area contributed by atoms with Gasteiger partial charge in [0.1, 0.15) is 5.01 Å². The lowest BCUT2D eigenvalue weighted by molar-refractivity contribution is 0.402. The third-order valence-electron chi connectivity index (χ3n) is 3.53. The fourth-order valence-corrected chi connectivity index (χ4v) is 3.16. The first-order valence-electron chi connectivity index (χ1n) is 8.21. The Hall–Kier alpha value is -1.92. The molecule has 130 valence electrons. The molecule has 0 aliphatic carbocycles. The minimum atomic E-state index is 0.699. The van der Waals surface area contributed by atoms with E-state index in [2.05, 4.69) is 70.8 Å². The van der Waals surface area contributed by atoms with E-state index >= 15 is 0 Å². The summed E-state index contributed by atoms with van der Waals surface area (Å²) in [4.78, 5) is 12.2. The maximum Gasteiger partial charge on any atom is 0.191 e. The lowest BCUT2D eigenvalue weighted by Gasteiger charge is -2.13. The van der Waals surface area contributed by atoms with E-state index in [1.807, 2.05) is 6.20 Å². The second-order valence-corrected chi connectivity index (χ2v) is 7.11. The smallest absolute Gasteiger partial charge is 0.191 e. The number of thiazole rings is 1. The Balaban J connectivity index is 1.85. The summed E-state index contributed by atoms with van der Waals surface area (Å²) in [6.07, 6.45) is 2.99. The molecule has 2 aromatic rings. The van der Waals surface area contributed by atoms with Crippen molar-refractivity contribution in [2.24, 2.45) is 4.99 Å². The zero-order valence-corrected chi connectivity index (χ0v) is 15.8. The number of nitrogens with zero attached hydrogens (tertiary/aromatic N) is 3. The Bertz CT molecular complexity index is 663. The van der Waals surface area contributed by atoms with Crippen LogP contribution in [-0.2, 0) is 26.1 Å². The first kappa shape index (κ1) is 18.4. The molecule has 0 atom stereocenters. The van der Waals surface area contributed by atoms with Gasteiger partial charge in [0.15, 0.2) is 5.96 Å². The molecule has 0 saturated heterocycles.